The van der Waals surface area contributed by atoms with Gasteiger partial charge in [0.2, 0.25) is 11.8 Å². The number of nitrogens with one attached hydrogen (secondary N) is 1. The number of thioether (sulfide) groups is 1. The minimum atomic E-state index is -0.181. The molecule has 32 heavy (non-hydrogen) atoms. The van der Waals surface area contributed by atoms with Crippen LogP contribution in [-0.2, 0) is 4.79 Å². The highest BCUT2D eigenvalue weighted by Crippen LogP contribution is 2.25. The number of amides is 1. The van der Waals surface area contributed by atoms with Crippen molar-refractivity contribution >= 4 is 58.5 Å². The van der Waals surface area contributed by atoms with E-state index in [0.717, 1.165) is 28.6 Å². The monoisotopic (exact) mass is 482 g/mol. The summed E-state index contributed by atoms with van der Waals surface area (Å²) in [6, 6.07) is 21.7. The third-order valence-corrected chi connectivity index (χ3v) is 5.53. The Morgan fingerprint density at radius 2 is 1.59 bits per heavy atom. The lowest BCUT2D eigenvalue weighted by Gasteiger charge is -2.03. The summed E-state index contributed by atoms with van der Waals surface area (Å²) in [6.45, 7) is 0. The summed E-state index contributed by atoms with van der Waals surface area (Å²) in [5.74, 6) is 0.335. The molecule has 1 aromatic heterocycles. The first-order chi connectivity index (χ1) is 15.5. The highest BCUT2D eigenvalue weighted by atomic mass is 35.5. The summed E-state index contributed by atoms with van der Waals surface area (Å²) in [5.41, 5.74) is 3.18. The quantitative estimate of drug-likeness (QED) is 0.239. The number of rotatable bonds is 7. The van der Waals surface area contributed by atoms with E-state index in [-0.39, 0.29) is 11.7 Å². The molecule has 0 fully saturated rings. The smallest absolute Gasteiger partial charge is 0.277 e. The number of hydrogen-bond acceptors (Lipinski definition) is 6. The molecule has 0 saturated carbocycles. The molecule has 0 aliphatic rings. The molecular formula is C23H16Cl2N4O2S. The summed E-state index contributed by atoms with van der Waals surface area (Å²) in [5, 5.41) is 12.4. The van der Waals surface area contributed by atoms with Crippen LogP contribution in [-0.4, -0.2) is 28.1 Å². The minimum absolute atomic E-state index is 0.141. The van der Waals surface area contributed by atoms with E-state index < -0.39 is 0 Å². The van der Waals surface area contributed by atoms with Crippen LogP contribution in [0.1, 0.15) is 5.56 Å². The van der Waals surface area contributed by atoms with Gasteiger partial charge in [0.25, 0.3) is 5.22 Å². The van der Waals surface area contributed by atoms with Gasteiger partial charge in [0.15, 0.2) is 0 Å². The number of aliphatic imine (C=N–C) groups is 1. The zero-order valence-electron chi connectivity index (χ0n) is 16.5. The second-order valence-electron chi connectivity index (χ2n) is 6.57. The topological polar surface area (TPSA) is 80.4 Å². The van der Waals surface area contributed by atoms with Crippen molar-refractivity contribution in [1.82, 2.24) is 10.2 Å². The van der Waals surface area contributed by atoms with Gasteiger partial charge in [0, 0.05) is 27.5 Å². The second-order valence-corrected chi connectivity index (χ2v) is 8.37. The van der Waals surface area contributed by atoms with E-state index in [1.807, 2.05) is 48.5 Å². The van der Waals surface area contributed by atoms with Crippen molar-refractivity contribution in [2.45, 2.75) is 5.22 Å². The van der Waals surface area contributed by atoms with E-state index in [1.165, 1.54) is 0 Å². The number of benzene rings is 3. The van der Waals surface area contributed by atoms with Gasteiger partial charge in [0.05, 0.1) is 11.4 Å². The van der Waals surface area contributed by atoms with Gasteiger partial charge in [-0.3, -0.25) is 9.79 Å². The molecule has 0 bridgehead atoms. The van der Waals surface area contributed by atoms with Gasteiger partial charge in [-0.2, -0.15) is 0 Å². The van der Waals surface area contributed by atoms with Crippen molar-refractivity contribution < 1.29 is 9.21 Å². The zero-order valence-corrected chi connectivity index (χ0v) is 18.9. The fraction of sp³-hybridized carbons (Fsp3) is 0.0435. The molecule has 1 amide bonds. The first-order valence-corrected chi connectivity index (χ1v) is 11.2. The predicted molar refractivity (Wildman–Crippen MR) is 129 cm³/mol. The van der Waals surface area contributed by atoms with Crippen molar-refractivity contribution in [3.05, 3.63) is 88.4 Å². The van der Waals surface area contributed by atoms with E-state index in [9.17, 15) is 4.79 Å². The fourth-order valence-corrected chi connectivity index (χ4v) is 3.45. The molecule has 3 aromatic carbocycles. The van der Waals surface area contributed by atoms with Gasteiger partial charge in [-0.15, -0.1) is 10.2 Å². The van der Waals surface area contributed by atoms with Crippen LogP contribution in [0.5, 0.6) is 0 Å². The van der Waals surface area contributed by atoms with Crippen LogP contribution < -0.4 is 5.32 Å². The molecule has 1 N–H and O–H groups in total. The maximum atomic E-state index is 12.1. The van der Waals surface area contributed by atoms with E-state index in [4.69, 9.17) is 27.6 Å². The van der Waals surface area contributed by atoms with Gasteiger partial charge >= 0.3 is 0 Å². The Bertz CT molecular complexity index is 1220. The maximum Gasteiger partial charge on any atom is 0.277 e. The van der Waals surface area contributed by atoms with Crippen LogP contribution in [0.15, 0.2) is 87.4 Å². The van der Waals surface area contributed by atoms with Crippen LogP contribution in [0.4, 0.5) is 11.4 Å². The summed E-state index contributed by atoms with van der Waals surface area (Å²) in [6.07, 6.45) is 1.77. The minimum Gasteiger partial charge on any atom is -0.411 e. The predicted octanol–water partition coefficient (Wildman–Crippen LogP) is 6.52. The molecule has 0 aliphatic carbocycles. The second kappa shape index (κ2) is 10.5. The SMILES string of the molecule is O=C(CSc1nnc(-c2ccc(N=Cc3ccc(Cl)cc3)cc2)o1)Nc1ccc(Cl)cc1. The van der Waals surface area contributed by atoms with Crippen LogP contribution in [0.25, 0.3) is 11.5 Å². The highest BCUT2D eigenvalue weighted by Gasteiger charge is 2.11. The molecule has 0 spiro atoms. The van der Waals surface area contributed by atoms with E-state index >= 15 is 0 Å². The third kappa shape index (κ3) is 6.20. The number of carbonyl (C=O) groups excluding carboxylic acids is 1. The highest BCUT2D eigenvalue weighted by molar-refractivity contribution is 7.99. The molecule has 0 radical (unpaired) electrons. The van der Waals surface area contributed by atoms with Gasteiger partial charge in [-0.25, -0.2) is 0 Å². The molecule has 4 rings (SSSR count). The Labute approximate surface area is 198 Å². The molecule has 9 heteroatoms. The summed E-state index contributed by atoms with van der Waals surface area (Å²) < 4.78 is 5.66. The number of aromatic nitrogens is 2. The molecule has 0 unspecified atom stereocenters. The Morgan fingerprint density at radius 1 is 0.938 bits per heavy atom. The maximum absolute atomic E-state index is 12.1. The average molecular weight is 483 g/mol. The van der Waals surface area contributed by atoms with Crippen molar-refractivity contribution in [3.63, 3.8) is 0 Å². The summed E-state index contributed by atoms with van der Waals surface area (Å²) in [4.78, 5) is 16.5. The molecule has 0 atom stereocenters. The normalized spacial score (nSPS) is 11.1. The number of carbonyl (C=O) groups is 1. The van der Waals surface area contributed by atoms with Crippen LogP contribution in [0.3, 0.4) is 0 Å². The molecular weight excluding hydrogens is 467 g/mol. The Kier molecular flexibility index (Phi) is 7.21. The standard InChI is InChI=1S/C23H16Cl2N4O2S/c24-17-5-1-15(2-6-17)13-26-19-9-3-16(4-10-19)22-28-29-23(31-22)32-14-21(30)27-20-11-7-18(25)8-12-20/h1-13H,14H2,(H,27,30). The zero-order chi connectivity index (χ0) is 22.3. The molecule has 0 aliphatic heterocycles. The van der Waals surface area contributed by atoms with E-state index in [0.29, 0.717) is 26.8 Å². The van der Waals surface area contributed by atoms with Crippen molar-refractivity contribution in [3.8, 4) is 11.5 Å². The Balaban J connectivity index is 1.32. The largest absolute Gasteiger partial charge is 0.411 e. The lowest BCUT2D eigenvalue weighted by atomic mass is 10.2. The van der Waals surface area contributed by atoms with Crippen molar-refractivity contribution in [1.29, 1.82) is 0 Å². The third-order valence-electron chi connectivity index (χ3n) is 4.21. The number of anilines is 1. The van der Waals surface area contributed by atoms with E-state index in [2.05, 4.69) is 20.5 Å². The average Bonchev–Trinajstić information content (AvgIpc) is 3.28. The van der Waals surface area contributed by atoms with Crippen molar-refractivity contribution in [2.24, 2.45) is 4.99 Å². The number of hydrogen-bond donors (Lipinski definition) is 1. The van der Waals surface area contributed by atoms with E-state index in [1.54, 1.807) is 30.5 Å². The lowest BCUT2D eigenvalue weighted by molar-refractivity contribution is -0.113. The molecule has 160 valence electrons. The van der Waals surface area contributed by atoms with Crippen LogP contribution >= 0.6 is 35.0 Å². The fourth-order valence-electron chi connectivity index (χ4n) is 2.63. The Morgan fingerprint density at radius 3 is 2.28 bits per heavy atom. The van der Waals surface area contributed by atoms with Gasteiger partial charge in [-0.1, -0.05) is 47.1 Å². The lowest BCUT2D eigenvalue weighted by Crippen LogP contribution is -2.13. The van der Waals surface area contributed by atoms with Gasteiger partial charge < -0.3 is 9.73 Å². The number of nitrogens with zero attached hydrogens (tertiary/aromatic N) is 3. The van der Waals surface area contributed by atoms with Gasteiger partial charge in [0.1, 0.15) is 0 Å². The van der Waals surface area contributed by atoms with Crippen molar-refractivity contribution in [2.75, 3.05) is 11.1 Å². The molecule has 0 saturated heterocycles. The molecule has 6 nitrogen and oxygen atoms in total. The summed E-state index contributed by atoms with van der Waals surface area (Å²) >= 11 is 12.9. The summed E-state index contributed by atoms with van der Waals surface area (Å²) in [7, 11) is 0. The Hall–Kier alpha value is -3.13. The number of halogens is 2. The van der Waals surface area contributed by atoms with Gasteiger partial charge in [-0.05, 0) is 66.2 Å². The first kappa shape index (κ1) is 22.1. The van der Waals surface area contributed by atoms with Crippen LogP contribution in [0, 0.1) is 0 Å². The molecule has 4 aromatic rings. The molecule has 1 heterocycles. The first-order valence-electron chi connectivity index (χ1n) is 9.47. The van der Waals surface area contributed by atoms with Crippen LogP contribution in [0.2, 0.25) is 10.0 Å².